The molecule has 0 aliphatic rings. The summed E-state index contributed by atoms with van der Waals surface area (Å²) in [6, 6.07) is 26.1. The van der Waals surface area contributed by atoms with Gasteiger partial charge in [0.15, 0.2) is 5.82 Å². The van der Waals surface area contributed by atoms with Gasteiger partial charge in [0.05, 0.1) is 6.20 Å². The Morgan fingerprint density at radius 3 is 2.43 bits per heavy atom. The Bertz CT molecular complexity index is 1080. The minimum atomic E-state index is 0.478. The number of aryl methyl sites for hydroxylation is 1. The Morgan fingerprint density at radius 1 is 0.867 bits per heavy atom. The second-order valence-electron chi connectivity index (χ2n) is 6.87. The summed E-state index contributed by atoms with van der Waals surface area (Å²) < 4.78 is 5.82. The van der Waals surface area contributed by atoms with Crippen molar-refractivity contribution in [1.29, 1.82) is 0 Å². The molecule has 6 nitrogen and oxygen atoms in total. The molecule has 0 aliphatic heterocycles. The van der Waals surface area contributed by atoms with E-state index in [1.807, 2.05) is 66.7 Å². The van der Waals surface area contributed by atoms with Crippen LogP contribution in [0.3, 0.4) is 0 Å². The molecule has 0 saturated heterocycles. The molecule has 0 atom stereocenters. The Labute approximate surface area is 176 Å². The Balaban J connectivity index is 1.33. The van der Waals surface area contributed by atoms with E-state index in [0.29, 0.717) is 24.9 Å². The summed E-state index contributed by atoms with van der Waals surface area (Å²) in [4.78, 5) is 4.48. The molecule has 0 bridgehead atoms. The third-order valence-corrected chi connectivity index (χ3v) is 4.63. The number of hydrogen-bond donors (Lipinski definition) is 2. The molecule has 3 aromatic carbocycles. The van der Waals surface area contributed by atoms with Gasteiger partial charge in [-0.05, 0) is 47.9 Å². The smallest absolute Gasteiger partial charge is 0.244 e. The van der Waals surface area contributed by atoms with Crippen LogP contribution in [0.15, 0.2) is 85.1 Å². The van der Waals surface area contributed by atoms with Crippen LogP contribution in [0.1, 0.15) is 16.7 Å². The van der Waals surface area contributed by atoms with Gasteiger partial charge in [-0.2, -0.15) is 10.1 Å². The molecule has 0 radical (unpaired) electrons. The minimum absolute atomic E-state index is 0.478. The summed E-state index contributed by atoms with van der Waals surface area (Å²) in [6.07, 6.45) is 1.60. The number of ether oxygens (including phenoxy) is 1. The van der Waals surface area contributed by atoms with Crippen molar-refractivity contribution in [2.45, 2.75) is 20.1 Å². The second kappa shape index (κ2) is 9.52. The molecule has 0 unspecified atom stereocenters. The SMILES string of the molecule is Cc1ccccc1CNc1nncc(Nc2ccc(OCc3ccccc3)cc2)n1. The first-order valence-corrected chi connectivity index (χ1v) is 9.78. The Morgan fingerprint density at radius 2 is 1.63 bits per heavy atom. The monoisotopic (exact) mass is 397 g/mol. The first-order chi connectivity index (χ1) is 14.8. The second-order valence-corrected chi connectivity index (χ2v) is 6.87. The van der Waals surface area contributed by atoms with E-state index in [-0.39, 0.29) is 0 Å². The van der Waals surface area contributed by atoms with Crippen molar-refractivity contribution < 1.29 is 4.74 Å². The van der Waals surface area contributed by atoms with Crippen LogP contribution >= 0.6 is 0 Å². The average Bonchev–Trinajstić information content (AvgIpc) is 2.79. The van der Waals surface area contributed by atoms with E-state index in [1.54, 1.807) is 6.20 Å². The van der Waals surface area contributed by atoms with Crippen molar-refractivity contribution in [1.82, 2.24) is 15.2 Å². The summed E-state index contributed by atoms with van der Waals surface area (Å²) in [7, 11) is 0. The van der Waals surface area contributed by atoms with Gasteiger partial charge in [-0.25, -0.2) is 0 Å². The maximum Gasteiger partial charge on any atom is 0.244 e. The third-order valence-electron chi connectivity index (χ3n) is 4.63. The van der Waals surface area contributed by atoms with Crippen LogP contribution in [-0.4, -0.2) is 15.2 Å². The molecular weight excluding hydrogens is 374 g/mol. The van der Waals surface area contributed by atoms with Crippen LogP contribution in [0, 0.1) is 6.92 Å². The van der Waals surface area contributed by atoms with Crippen LogP contribution in [-0.2, 0) is 13.2 Å². The lowest BCUT2D eigenvalue weighted by Crippen LogP contribution is -2.07. The molecule has 1 aromatic heterocycles. The molecular formula is C24H23N5O. The molecule has 0 fully saturated rings. The zero-order valence-electron chi connectivity index (χ0n) is 16.7. The number of rotatable bonds is 8. The molecule has 0 spiro atoms. The van der Waals surface area contributed by atoms with Crippen molar-refractivity contribution in [3.8, 4) is 5.75 Å². The van der Waals surface area contributed by atoms with Crippen molar-refractivity contribution >= 4 is 17.5 Å². The molecule has 150 valence electrons. The van der Waals surface area contributed by atoms with Gasteiger partial charge in [0, 0.05) is 12.2 Å². The lowest BCUT2D eigenvalue weighted by molar-refractivity contribution is 0.306. The van der Waals surface area contributed by atoms with E-state index >= 15 is 0 Å². The summed E-state index contributed by atoms with van der Waals surface area (Å²) in [5.41, 5.74) is 4.46. The van der Waals surface area contributed by atoms with Crippen molar-refractivity contribution in [3.63, 3.8) is 0 Å². The highest BCUT2D eigenvalue weighted by atomic mass is 16.5. The van der Waals surface area contributed by atoms with E-state index in [4.69, 9.17) is 4.74 Å². The summed E-state index contributed by atoms with van der Waals surface area (Å²) >= 11 is 0. The number of aromatic nitrogens is 3. The quantitative estimate of drug-likeness (QED) is 0.430. The lowest BCUT2D eigenvalue weighted by Gasteiger charge is -2.10. The number of hydrogen-bond acceptors (Lipinski definition) is 6. The van der Waals surface area contributed by atoms with Crippen molar-refractivity contribution in [2.24, 2.45) is 0 Å². The van der Waals surface area contributed by atoms with E-state index in [0.717, 1.165) is 17.0 Å². The number of benzene rings is 3. The molecule has 2 N–H and O–H groups in total. The van der Waals surface area contributed by atoms with E-state index in [2.05, 4.69) is 44.9 Å². The fourth-order valence-corrected chi connectivity index (χ4v) is 2.94. The predicted octanol–water partition coefficient (Wildman–Crippen LogP) is 5.11. The fraction of sp³-hybridized carbons (Fsp3) is 0.125. The van der Waals surface area contributed by atoms with Gasteiger partial charge < -0.3 is 15.4 Å². The van der Waals surface area contributed by atoms with Gasteiger partial charge in [-0.15, -0.1) is 5.10 Å². The topological polar surface area (TPSA) is 72.0 Å². The highest BCUT2D eigenvalue weighted by Gasteiger charge is 2.03. The van der Waals surface area contributed by atoms with Gasteiger partial charge in [0.25, 0.3) is 0 Å². The van der Waals surface area contributed by atoms with Crippen LogP contribution in [0.2, 0.25) is 0 Å². The normalized spacial score (nSPS) is 10.4. The van der Waals surface area contributed by atoms with Crippen molar-refractivity contribution in [3.05, 3.63) is 102 Å². The van der Waals surface area contributed by atoms with Gasteiger partial charge in [0.1, 0.15) is 12.4 Å². The highest BCUT2D eigenvalue weighted by Crippen LogP contribution is 2.20. The standard InChI is InChI=1S/C24H23N5O/c1-18-7-5-6-10-20(18)15-25-24-28-23(16-26-29-24)27-21-11-13-22(14-12-21)30-17-19-8-3-2-4-9-19/h2-14,16H,15,17H2,1H3,(H2,25,27,28,29). The van der Waals surface area contributed by atoms with Crippen LogP contribution < -0.4 is 15.4 Å². The molecule has 30 heavy (non-hydrogen) atoms. The van der Waals surface area contributed by atoms with Crippen molar-refractivity contribution in [2.75, 3.05) is 10.6 Å². The van der Waals surface area contributed by atoms with Crippen LogP contribution in [0.4, 0.5) is 17.5 Å². The number of nitrogens with one attached hydrogen (secondary N) is 2. The van der Waals surface area contributed by atoms with E-state index in [9.17, 15) is 0 Å². The van der Waals surface area contributed by atoms with E-state index < -0.39 is 0 Å². The minimum Gasteiger partial charge on any atom is -0.489 e. The molecule has 1 heterocycles. The summed E-state index contributed by atoms with van der Waals surface area (Å²) in [5.74, 6) is 1.91. The predicted molar refractivity (Wildman–Crippen MR) is 119 cm³/mol. The maximum atomic E-state index is 5.82. The molecule has 0 saturated carbocycles. The van der Waals surface area contributed by atoms with Gasteiger partial charge in [0.2, 0.25) is 5.95 Å². The Hall–Kier alpha value is -3.93. The summed E-state index contributed by atoms with van der Waals surface area (Å²) in [5, 5.41) is 14.6. The zero-order chi connectivity index (χ0) is 20.6. The Kier molecular flexibility index (Phi) is 6.15. The number of nitrogens with zero attached hydrogens (tertiary/aromatic N) is 3. The number of anilines is 3. The zero-order valence-corrected chi connectivity index (χ0v) is 16.7. The largest absolute Gasteiger partial charge is 0.489 e. The average molecular weight is 397 g/mol. The molecule has 0 amide bonds. The molecule has 6 heteroatoms. The van der Waals surface area contributed by atoms with Gasteiger partial charge in [-0.3, -0.25) is 0 Å². The van der Waals surface area contributed by atoms with Gasteiger partial charge in [-0.1, -0.05) is 54.6 Å². The van der Waals surface area contributed by atoms with E-state index in [1.165, 1.54) is 11.1 Å². The highest BCUT2D eigenvalue weighted by molar-refractivity contribution is 5.57. The lowest BCUT2D eigenvalue weighted by atomic mass is 10.1. The first-order valence-electron chi connectivity index (χ1n) is 9.78. The molecule has 4 rings (SSSR count). The van der Waals surface area contributed by atoms with Crippen LogP contribution in [0.5, 0.6) is 5.75 Å². The van der Waals surface area contributed by atoms with Crippen LogP contribution in [0.25, 0.3) is 0 Å². The third kappa shape index (κ3) is 5.32. The molecule has 4 aromatic rings. The molecule has 0 aliphatic carbocycles. The fourth-order valence-electron chi connectivity index (χ4n) is 2.94. The maximum absolute atomic E-state index is 5.82. The summed E-state index contributed by atoms with van der Waals surface area (Å²) in [6.45, 7) is 3.27. The van der Waals surface area contributed by atoms with Gasteiger partial charge >= 0.3 is 0 Å². The first kappa shape index (κ1) is 19.4.